The molecule has 1 aliphatic rings. The van der Waals surface area contributed by atoms with Gasteiger partial charge in [-0.25, -0.2) is 9.98 Å². The SMILES string of the molecule is Cc1ccn(CCC2(N)N=CNC(N)=N2)n1. The van der Waals surface area contributed by atoms with Gasteiger partial charge in [0.2, 0.25) is 5.79 Å². The minimum atomic E-state index is -0.977. The molecule has 86 valence electrons. The molecule has 5 N–H and O–H groups in total. The highest BCUT2D eigenvalue weighted by molar-refractivity contribution is 5.90. The Morgan fingerprint density at radius 2 is 2.38 bits per heavy atom. The van der Waals surface area contributed by atoms with Gasteiger partial charge in [-0.3, -0.25) is 10.4 Å². The van der Waals surface area contributed by atoms with Crippen molar-refractivity contribution in [3.05, 3.63) is 18.0 Å². The maximum absolute atomic E-state index is 5.96. The van der Waals surface area contributed by atoms with Gasteiger partial charge in [0, 0.05) is 19.2 Å². The molecule has 1 aromatic heterocycles. The number of aromatic nitrogens is 2. The molecule has 0 radical (unpaired) electrons. The molecule has 2 heterocycles. The third-order valence-electron chi connectivity index (χ3n) is 2.30. The fourth-order valence-electron chi connectivity index (χ4n) is 1.47. The van der Waals surface area contributed by atoms with Crippen molar-refractivity contribution in [3.8, 4) is 0 Å². The van der Waals surface area contributed by atoms with Crippen LogP contribution in [-0.4, -0.2) is 27.9 Å². The molecule has 0 bridgehead atoms. The van der Waals surface area contributed by atoms with Gasteiger partial charge in [0.1, 0.15) is 0 Å². The van der Waals surface area contributed by atoms with Crippen LogP contribution in [-0.2, 0) is 6.54 Å². The molecular formula is C9H15N7. The predicted molar refractivity (Wildman–Crippen MR) is 61.7 cm³/mol. The summed E-state index contributed by atoms with van der Waals surface area (Å²) in [7, 11) is 0. The van der Waals surface area contributed by atoms with E-state index in [1.807, 2.05) is 23.9 Å². The first-order valence-corrected chi connectivity index (χ1v) is 5.02. The molecule has 0 aromatic carbocycles. The zero-order valence-electron chi connectivity index (χ0n) is 9.09. The van der Waals surface area contributed by atoms with Gasteiger partial charge in [0.15, 0.2) is 5.96 Å². The Hall–Kier alpha value is -1.89. The van der Waals surface area contributed by atoms with E-state index in [1.165, 1.54) is 6.34 Å². The summed E-state index contributed by atoms with van der Waals surface area (Å²) in [5, 5.41) is 6.93. The molecule has 7 nitrogen and oxygen atoms in total. The lowest BCUT2D eigenvalue weighted by molar-refractivity contribution is 0.384. The number of aryl methyl sites for hydroxylation is 2. The Kier molecular flexibility index (Phi) is 2.61. The predicted octanol–water partition coefficient (Wildman–Crippen LogP) is -0.860. The standard InChI is InChI=1S/C9H15N7/c1-7-2-4-16(15-7)5-3-9(11)13-6-12-8(10)14-9/h2,4,6H,3,5,11H2,1H3,(H3,10,12,13,14). The molecule has 2 rings (SSSR count). The summed E-state index contributed by atoms with van der Waals surface area (Å²) in [6.45, 7) is 2.59. The summed E-state index contributed by atoms with van der Waals surface area (Å²) >= 11 is 0. The van der Waals surface area contributed by atoms with Crippen molar-refractivity contribution in [2.75, 3.05) is 0 Å². The Morgan fingerprint density at radius 3 is 3.00 bits per heavy atom. The monoisotopic (exact) mass is 221 g/mol. The van der Waals surface area contributed by atoms with E-state index in [9.17, 15) is 0 Å². The molecule has 1 unspecified atom stereocenters. The van der Waals surface area contributed by atoms with Crippen LogP contribution < -0.4 is 16.8 Å². The number of guanidine groups is 1. The first-order valence-electron chi connectivity index (χ1n) is 5.02. The maximum atomic E-state index is 5.96. The summed E-state index contributed by atoms with van der Waals surface area (Å²) in [4.78, 5) is 8.12. The average Bonchev–Trinajstić information content (AvgIpc) is 2.61. The molecular weight excluding hydrogens is 206 g/mol. The third kappa shape index (κ3) is 2.37. The van der Waals surface area contributed by atoms with Gasteiger partial charge in [0.25, 0.3) is 0 Å². The van der Waals surface area contributed by atoms with Crippen molar-refractivity contribution in [1.82, 2.24) is 15.1 Å². The Labute approximate surface area is 93.2 Å². The summed E-state index contributed by atoms with van der Waals surface area (Å²) in [6.07, 6.45) is 3.92. The Balaban J connectivity index is 1.99. The number of hydrogen-bond donors (Lipinski definition) is 3. The molecule has 16 heavy (non-hydrogen) atoms. The Bertz CT molecular complexity index is 433. The van der Waals surface area contributed by atoms with Crippen molar-refractivity contribution in [2.24, 2.45) is 21.5 Å². The molecule has 0 saturated heterocycles. The van der Waals surface area contributed by atoms with Crippen molar-refractivity contribution in [3.63, 3.8) is 0 Å². The Morgan fingerprint density at radius 1 is 1.56 bits per heavy atom. The number of rotatable bonds is 3. The van der Waals surface area contributed by atoms with E-state index in [0.717, 1.165) is 5.69 Å². The van der Waals surface area contributed by atoms with Crippen LogP contribution in [0.25, 0.3) is 0 Å². The molecule has 1 aromatic rings. The van der Waals surface area contributed by atoms with Crippen LogP contribution in [0.3, 0.4) is 0 Å². The van der Waals surface area contributed by atoms with E-state index < -0.39 is 5.79 Å². The highest BCUT2D eigenvalue weighted by Gasteiger charge is 2.24. The average molecular weight is 221 g/mol. The van der Waals surface area contributed by atoms with Gasteiger partial charge >= 0.3 is 0 Å². The highest BCUT2D eigenvalue weighted by Crippen LogP contribution is 2.13. The van der Waals surface area contributed by atoms with Crippen LogP contribution in [0.2, 0.25) is 0 Å². The van der Waals surface area contributed by atoms with E-state index >= 15 is 0 Å². The molecule has 1 atom stereocenters. The van der Waals surface area contributed by atoms with E-state index in [0.29, 0.717) is 13.0 Å². The second-order valence-electron chi connectivity index (χ2n) is 3.75. The van der Waals surface area contributed by atoms with Crippen molar-refractivity contribution >= 4 is 12.3 Å². The number of nitrogens with two attached hydrogens (primary N) is 2. The molecule has 7 heteroatoms. The number of aliphatic imine (C=N–C) groups is 2. The second kappa shape index (κ2) is 3.93. The van der Waals surface area contributed by atoms with Gasteiger partial charge in [-0.15, -0.1) is 0 Å². The van der Waals surface area contributed by atoms with Crippen molar-refractivity contribution in [1.29, 1.82) is 0 Å². The van der Waals surface area contributed by atoms with Crippen LogP contribution in [0.1, 0.15) is 12.1 Å². The summed E-state index contributed by atoms with van der Waals surface area (Å²) < 4.78 is 1.81. The number of hydrogen-bond acceptors (Lipinski definition) is 6. The van der Waals surface area contributed by atoms with Crippen LogP contribution in [0.15, 0.2) is 22.2 Å². The van der Waals surface area contributed by atoms with Gasteiger partial charge in [-0.05, 0) is 13.0 Å². The van der Waals surface area contributed by atoms with Gasteiger partial charge in [0.05, 0.1) is 12.0 Å². The first kappa shape index (κ1) is 10.6. The minimum Gasteiger partial charge on any atom is -0.370 e. The largest absolute Gasteiger partial charge is 0.370 e. The fourth-order valence-corrected chi connectivity index (χ4v) is 1.47. The van der Waals surface area contributed by atoms with Gasteiger partial charge in [-0.2, -0.15) is 5.10 Å². The lowest BCUT2D eigenvalue weighted by Gasteiger charge is -2.23. The van der Waals surface area contributed by atoms with Crippen LogP contribution >= 0.6 is 0 Å². The molecule has 0 saturated carbocycles. The maximum Gasteiger partial charge on any atom is 0.209 e. The van der Waals surface area contributed by atoms with Crippen LogP contribution in [0.4, 0.5) is 0 Å². The normalized spacial score (nSPS) is 24.0. The summed E-state index contributed by atoms with van der Waals surface area (Å²) in [5.74, 6) is -0.691. The topological polar surface area (TPSA) is 107 Å². The molecule has 0 fully saturated rings. The molecule has 1 aliphatic heterocycles. The van der Waals surface area contributed by atoms with Gasteiger partial charge in [-0.1, -0.05) is 0 Å². The lowest BCUT2D eigenvalue weighted by Crippen LogP contribution is -2.46. The highest BCUT2D eigenvalue weighted by atomic mass is 15.3. The van der Waals surface area contributed by atoms with Crippen molar-refractivity contribution < 1.29 is 0 Å². The zero-order valence-corrected chi connectivity index (χ0v) is 9.09. The van der Waals surface area contributed by atoms with E-state index in [1.54, 1.807) is 0 Å². The third-order valence-corrected chi connectivity index (χ3v) is 2.30. The molecule has 0 spiro atoms. The van der Waals surface area contributed by atoms with E-state index in [4.69, 9.17) is 11.5 Å². The zero-order chi connectivity index (χ0) is 11.6. The fraction of sp³-hybridized carbons (Fsp3) is 0.444. The molecule has 0 amide bonds. The van der Waals surface area contributed by atoms with Gasteiger partial charge < -0.3 is 11.1 Å². The van der Waals surface area contributed by atoms with E-state index in [-0.39, 0.29) is 5.96 Å². The minimum absolute atomic E-state index is 0.286. The van der Waals surface area contributed by atoms with Crippen molar-refractivity contribution in [2.45, 2.75) is 25.7 Å². The van der Waals surface area contributed by atoms with Crippen LogP contribution in [0, 0.1) is 6.92 Å². The molecule has 0 aliphatic carbocycles. The first-order chi connectivity index (χ1) is 7.57. The summed E-state index contributed by atoms with van der Waals surface area (Å²) in [6, 6.07) is 1.94. The smallest absolute Gasteiger partial charge is 0.209 e. The van der Waals surface area contributed by atoms with E-state index in [2.05, 4.69) is 20.4 Å². The number of nitrogens with one attached hydrogen (secondary N) is 1. The second-order valence-corrected chi connectivity index (χ2v) is 3.75. The quantitative estimate of drug-likeness (QED) is 0.617. The van der Waals surface area contributed by atoms with Crippen LogP contribution in [0.5, 0.6) is 0 Å². The lowest BCUT2D eigenvalue weighted by atomic mass is 10.2. The summed E-state index contributed by atoms with van der Waals surface area (Å²) in [5.41, 5.74) is 12.5. The number of nitrogens with zero attached hydrogens (tertiary/aromatic N) is 4.